The zero-order valence-electron chi connectivity index (χ0n) is 9.21. The molecule has 0 aliphatic carbocycles. The van der Waals surface area contributed by atoms with E-state index in [0.717, 1.165) is 0 Å². The first-order valence-electron chi connectivity index (χ1n) is 4.93. The molecule has 2 nitrogen and oxygen atoms in total. The molecule has 0 bridgehead atoms. The zero-order valence-corrected chi connectivity index (χ0v) is 9.21. The standard InChI is InChI=1S/C12H15FO2/c1-4-11(15-3)12(14)9-5-6-10(13)8(2)7-9/h5-7,11H,4H2,1-3H3. The van der Waals surface area contributed by atoms with Gasteiger partial charge < -0.3 is 4.74 Å². The molecule has 0 amide bonds. The van der Waals surface area contributed by atoms with E-state index >= 15 is 0 Å². The van der Waals surface area contributed by atoms with E-state index in [1.54, 1.807) is 13.0 Å². The minimum absolute atomic E-state index is 0.0944. The van der Waals surface area contributed by atoms with Crippen molar-refractivity contribution in [2.24, 2.45) is 0 Å². The van der Waals surface area contributed by atoms with Gasteiger partial charge in [-0.2, -0.15) is 0 Å². The van der Waals surface area contributed by atoms with E-state index in [2.05, 4.69) is 0 Å². The van der Waals surface area contributed by atoms with Gasteiger partial charge in [0.1, 0.15) is 11.9 Å². The maximum absolute atomic E-state index is 13.0. The van der Waals surface area contributed by atoms with Crippen molar-refractivity contribution in [3.63, 3.8) is 0 Å². The highest BCUT2D eigenvalue weighted by Crippen LogP contribution is 2.13. The molecule has 0 N–H and O–H groups in total. The highest BCUT2D eigenvalue weighted by molar-refractivity contribution is 5.99. The van der Waals surface area contributed by atoms with Crippen molar-refractivity contribution in [2.75, 3.05) is 7.11 Å². The van der Waals surface area contributed by atoms with Crippen molar-refractivity contribution in [1.82, 2.24) is 0 Å². The van der Waals surface area contributed by atoms with Crippen LogP contribution in [-0.2, 0) is 4.74 Å². The van der Waals surface area contributed by atoms with Gasteiger partial charge in [-0.05, 0) is 37.1 Å². The summed E-state index contributed by atoms with van der Waals surface area (Å²) in [6.07, 6.45) is 0.182. The van der Waals surface area contributed by atoms with Gasteiger partial charge in [0.05, 0.1) is 0 Å². The van der Waals surface area contributed by atoms with Gasteiger partial charge in [-0.25, -0.2) is 4.39 Å². The summed E-state index contributed by atoms with van der Waals surface area (Å²) in [5.41, 5.74) is 0.981. The van der Waals surface area contributed by atoms with Crippen molar-refractivity contribution >= 4 is 5.78 Å². The van der Waals surface area contributed by atoms with Crippen LogP contribution in [0.4, 0.5) is 4.39 Å². The van der Waals surface area contributed by atoms with E-state index in [0.29, 0.717) is 17.5 Å². The predicted octanol–water partition coefficient (Wildman–Crippen LogP) is 2.74. The van der Waals surface area contributed by atoms with Crippen LogP contribution in [0.25, 0.3) is 0 Å². The van der Waals surface area contributed by atoms with E-state index in [9.17, 15) is 9.18 Å². The summed E-state index contributed by atoms with van der Waals surface area (Å²) in [5.74, 6) is -0.389. The van der Waals surface area contributed by atoms with E-state index in [1.807, 2.05) is 6.92 Å². The molecule has 1 aromatic carbocycles. The average molecular weight is 210 g/mol. The zero-order chi connectivity index (χ0) is 11.4. The van der Waals surface area contributed by atoms with Gasteiger partial charge in [-0.1, -0.05) is 6.92 Å². The van der Waals surface area contributed by atoms with Crippen LogP contribution in [-0.4, -0.2) is 19.0 Å². The molecule has 3 heteroatoms. The van der Waals surface area contributed by atoms with Gasteiger partial charge >= 0.3 is 0 Å². The summed E-state index contributed by atoms with van der Waals surface area (Å²) in [6, 6.07) is 4.36. The fourth-order valence-corrected chi connectivity index (χ4v) is 1.44. The van der Waals surface area contributed by atoms with Crippen LogP contribution < -0.4 is 0 Å². The number of halogens is 1. The van der Waals surface area contributed by atoms with Crippen molar-refractivity contribution in [3.05, 3.63) is 35.1 Å². The second kappa shape index (κ2) is 5.03. The molecule has 0 spiro atoms. The molecule has 1 rings (SSSR count). The van der Waals surface area contributed by atoms with E-state index in [1.165, 1.54) is 19.2 Å². The molecule has 15 heavy (non-hydrogen) atoms. The lowest BCUT2D eigenvalue weighted by molar-refractivity contribution is 0.0595. The first-order valence-corrected chi connectivity index (χ1v) is 4.93. The number of carbonyl (C=O) groups is 1. The average Bonchev–Trinajstić information content (AvgIpc) is 2.23. The molecule has 0 saturated carbocycles. The normalized spacial score (nSPS) is 12.5. The van der Waals surface area contributed by atoms with E-state index < -0.39 is 6.10 Å². The quantitative estimate of drug-likeness (QED) is 0.714. The molecule has 0 aliphatic heterocycles. The van der Waals surface area contributed by atoms with E-state index in [-0.39, 0.29) is 11.6 Å². The number of ketones is 1. The van der Waals surface area contributed by atoms with Gasteiger partial charge in [0.2, 0.25) is 0 Å². The maximum atomic E-state index is 13.0. The van der Waals surface area contributed by atoms with Crippen LogP contribution in [0.1, 0.15) is 29.3 Å². The fraction of sp³-hybridized carbons (Fsp3) is 0.417. The summed E-state index contributed by atoms with van der Waals surface area (Å²) in [4.78, 5) is 11.8. The van der Waals surface area contributed by atoms with Crippen molar-refractivity contribution in [1.29, 1.82) is 0 Å². The van der Waals surface area contributed by atoms with Gasteiger partial charge in [0.15, 0.2) is 5.78 Å². The Hall–Kier alpha value is -1.22. The first-order chi connectivity index (χ1) is 7.10. The third-order valence-corrected chi connectivity index (χ3v) is 2.39. The van der Waals surface area contributed by atoms with Gasteiger partial charge in [0, 0.05) is 12.7 Å². The van der Waals surface area contributed by atoms with Crippen LogP contribution in [0, 0.1) is 12.7 Å². The lowest BCUT2D eigenvalue weighted by atomic mass is 10.0. The van der Waals surface area contributed by atoms with Crippen molar-refractivity contribution in [2.45, 2.75) is 26.4 Å². The van der Waals surface area contributed by atoms with Gasteiger partial charge in [0.25, 0.3) is 0 Å². The Labute approximate surface area is 89.1 Å². The van der Waals surface area contributed by atoms with Crippen molar-refractivity contribution in [3.8, 4) is 0 Å². The van der Waals surface area contributed by atoms with Crippen molar-refractivity contribution < 1.29 is 13.9 Å². The molecule has 0 fully saturated rings. The molecule has 0 aliphatic rings. The SMILES string of the molecule is CCC(OC)C(=O)c1ccc(F)c(C)c1. The number of carbonyl (C=O) groups excluding carboxylic acids is 1. The molecule has 82 valence electrons. The Morgan fingerprint density at radius 3 is 2.67 bits per heavy atom. The highest BCUT2D eigenvalue weighted by Gasteiger charge is 2.17. The Bertz CT molecular complexity index is 357. The smallest absolute Gasteiger partial charge is 0.191 e. The number of Topliss-reactive ketones (excluding diaryl/α,β-unsaturated/α-hetero) is 1. The highest BCUT2D eigenvalue weighted by atomic mass is 19.1. The molecule has 0 aromatic heterocycles. The number of benzene rings is 1. The molecular weight excluding hydrogens is 195 g/mol. The second-order valence-electron chi connectivity index (χ2n) is 3.46. The number of rotatable bonds is 4. The van der Waals surface area contributed by atoms with Crippen LogP contribution in [0.3, 0.4) is 0 Å². The minimum atomic E-state index is -0.435. The number of methoxy groups -OCH3 is 1. The molecule has 0 radical (unpaired) electrons. The number of ether oxygens (including phenoxy) is 1. The summed E-state index contributed by atoms with van der Waals surface area (Å²) in [7, 11) is 1.50. The van der Waals surface area contributed by atoms with Crippen LogP contribution in [0.5, 0.6) is 0 Å². The first kappa shape index (κ1) is 11.9. The Kier molecular flexibility index (Phi) is 3.97. The summed E-state index contributed by atoms with van der Waals surface area (Å²) in [6.45, 7) is 3.52. The molecular formula is C12H15FO2. The topological polar surface area (TPSA) is 26.3 Å². The van der Waals surface area contributed by atoms with Crippen LogP contribution in [0.2, 0.25) is 0 Å². The van der Waals surface area contributed by atoms with Gasteiger partial charge in [-0.15, -0.1) is 0 Å². The summed E-state index contributed by atoms with van der Waals surface area (Å²) in [5, 5.41) is 0. The van der Waals surface area contributed by atoms with Gasteiger partial charge in [-0.3, -0.25) is 4.79 Å². The third-order valence-electron chi connectivity index (χ3n) is 2.39. The molecule has 1 atom stereocenters. The molecule has 0 saturated heterocycles. The monoisotopic (exact) mass is 210 g/mol. The third kappa shape index (κ3) is 2.63. The number of hydrogen-bond acceptors (Lipinski definition) is 2. The van der Waals surface area contributed by atoms with Crippen LogP contribution in [0.15, 0.2) is 18.2 Å². The second-order valence-corrected chi connectivity index (χ2v) is 3.46. The Morgan fingerprint density at radius 2 is 2.20 bits per heavy atom. The van der Waals surface area contributed by atoms with Crippen LogP contribution >= 0.6 is 0 Å². The van der Waals surface area contributed by atoms with E-state index in [4.69, 9.17) is 4.74 Å². The summed E-state index contributed by atoms with van der Waals surface area (Å²) >= 11 is 0. The predicted molar refractivity (Wildman–Crippen MR) is 56.6 cm³/mol. The molecule has 1 unspecified atom stereocenters. The lowest BCUT2D eigenvalue weighted by Crippen LogP contribution is -2.22. The largest absolute Gasteiger partial charge is 0.373 e. The number of hydrogen-bond donors (Lipinski definition) is 0. The Morgan fingerprint density at radius 1 is 1.53 bits per heavy atom. The summed E-state index contributed by atoms with van der Waals surface area (Å²) < 4.78 is 18.0. The Balaban J connectivity index is 2.96. The fourth-order valence-electron chi connectivity index (χ4n) is 1.44. The molecule has 0 heterocycles. The minimum Gasteiger partial charge on any atom is -0.373 e. The lowest BCUT2D eigenvalue weighted by Gasteiger charge is -2.11. The maximum Gasteiger partial charge on any atom is 0.191 e. The molecule has 1 aromatic rings. The number of aryl methyl sites for hydroxylation is 1.